The van der Waals surface area contributed by atoms with Crippen LogP contribution in [0.1, 0.15) is 11.1 Å². The molecule has 0 atom stereocenters. The van der Waals surface area contributed by atoms with Crippen molar-refractivity contribution in [2.24, 2.45) is 5.73 Å². The van der Waals surface area contributed by atoms with Crippen LogP contribution >= 0.6 is 12.2 Å². The van der Waals surface area contributed by atoms with E-state index in [4.69, 9.17) is 18.0 Å². The summed E-state index contributed by atoms with van der Waals surface area (Å²) in [4.78, 5) is 4.57. The van der Waals surface area contributed by atoms with E-state index >= 15 is 0 Å². The first-order valence-corrected chi connectivity index (χ1v) is 6.42. The van der Waals surface area contributed by atoms with Gasteiger partial charge in [-0.15, -0.1) is 0 Å². The van der Waals surface area contributed by atoms with Gasteiger partial charge in [-0.3, -0.25) is 4.98 Å². The number of aromatic nitrogens is 2. The molecule has 2 heterocycles. The second-order valence-electron chi connectivity index (χ2n) is 4.44. The predicted octanol–water partition coefficient (Wildman–Crippen LogP) is 2.72. The van der Waals surface area contributed by atoms with Crippen LogP contribution in [0.5, 0.6) is 0 Å². The van der Waals surface area contributed by atoms with Gasteiger partial charge in [-0.2, -0.15) is 0 Å². The van der Waals surface area contributed by atoms with Crippen LogP contribution < -0.4 is 5.73 Å². The van der Waals surface area contributed by atoms with Crippen LogP contribution in [0.25, 0.3) is 10.9 Å². The molecule has 0 aliphatic carbocycles. The molecule has 0 saturated heterocycles. The fourth-order valence-corrected chi connectivity index (χ4v) is 2.31. The van der Waals surface area contributed by atoms with Gasteiger partial charge < -0.3 is 10.3 Å². The molecule has 0 aliphatic heterocycles. The number of rotatable bonds is 3. The maximum atomic E-state index is 5.65. The van der Waals surface area contributed by atoms with Crippen LogP contribution in [0.15, 0.2) is 55.0 Å². The summed E-state index contributed by atoms with van der Waals surface area (Å²) in [6, 6.07) is 12.1. The Morgan fingerprint density at radius 1 is 1.26 bits per heavy atom. The van der Waals surface area contributed by atoms with Gasteiger partial charge in [0.2, 0.25) is 0 Å². The van der Waals surface area contributed by atoms with Gasteiger partial charge in [-0.25, -0.2) is 0 Å². The molecule has 1 aromatic carbocycles. The first-order chi connectivity index (χ1) is 9.24. The average Bonchev–Trinajstić information content (AvgIpc) is 2.82. The van der Waals surface area contributed by atoms with Crippen molar-refractivity contribution < 1.29 is 0 Å². The molecule has 0 spiro atoms. The Kier molecular flexibility index (Phi) is 3.01. The van der Waals surface area contributed by atoms with E-state index in [2.05, 4.69) is 33.9 Å². The molecule has 2 N–H and O–H groups in total. The van der Waals surface area contributed by atoms with Crippen molar-refractivity contribution in [2.75, 3.05) is 0 Å². The monoisotopic (exact) mass is 267 g/mol. The van der Waals surface area contributed by atoms with E-state index < -0.39 is 0 Å². The number of benzene rings is 1. The van der Waals surface area contributed by atoms with Crippen LogP contribution in [0.2, 0.25) is 0 Å². The molecule has 0 aliphatic rings. The highest BCUT2D eigenvalue weighted by Gasteiger charge is 2.04. The molecule has 0 fully saturated rings. The lowest BCUT2D eigenvalue weighted by Crippen LogP contribution is -2.08. The number of nitrogens with two attached hydrogens (primary N) is 1. The van der Waals surface area contributed by atoms with E-state index in [0.717, 1.165) is 17.5 Å². The molecule has 3 rings (SSSR count). The average molecular weight is 267 g/mol. The van der Waals surface area contributed by atoms with Crippen molar-refractivity contribution in [3.05, 3.63) is 66.1 Å². The minimum atomic E-state index is 0.432. The zero-order valence-corrected chi connectivity index (χ0v) is 11.1. The maximum Gasteiger partial charge on any atom is 0.104 e. The van der Waals surface area contributed by atoms with Crippen LogP contribution in [0, 0.1) is 0 Å². The van der Waals surface area contributed by atoms with E-state index in [0.29, 0.717) is 4.99 Å². The molecule has 3 aromatic rings. The van der Waals surface area contributed by atoms with Gasteiger partial charge in [0.25, 0.3) is 0 Å². The Labute approximate surface area is 116 Å². The van der Waals surface area contributed by atoms with Crippen molar-refractivity contribution in [1.29, 1.82) is 0 Å². The summed E-state index contributed by atoms with van der Waals surface area (Å²) < 4.78 is 2.19. The molecular formula is C15H13N3S. The van der Waals surface area contributed by atoms with Gasteiger partial charge in [0.1, 0.15) is 4.99 Å². The molecule has 94 valence electrons. The minimum Gasteiger partial charge on any atom is -0.389 e. The zero-order valence-electron chi connectivity index (χ0n) is 10.3. The van der Waals surface area contributed by atoms with Crippen molar-refractivity contribution in [2.45, 2.75) is 6.54 Å². The van der Waals surface area contributed by atoms with Crippen LogP contribution in [0.4, 0.5) is 0 Å². The van der Waals surface area contributed by atoms with E-state index in [1.165, 1.54) is 11.1 Å². The molecule has 0 saturated carbocycles. The quantitative estimate of drug-likeness (QED) is 0.742. The summed E-state index contributed by atoms with van der Waals surface area (Å²) in [5, 5.41) is 1.15. The Hall–Kier alpha value is -2.20. The largest absolute Gasteiger partial charge is 0.389 e. The van der Waals surface area contributed by atoms with Gasteiger partial charge in [0.15, 0.2) is 0 Å². The van der Waals surface area contributed by atoms with Gasteiger partial charge in [0.05, 0.1) is 0 Å². The normalized spacial score (nSPS) is 10.7. The first kappa shape index (κ1) is 11.9. The lowest BCUT2D eigenvalue weighted by Gasteiger charge is -2.06. The lowest BCUT2D eigenvalue weighted by molar-refractivity contribution is 0.831. The maximum absolute atomic E-state index is 5.65. The van der Waals surface area contributed by atoms with E-state index in [9.17, 15) is 0 Å². The van der Waals surface area contributed by atoms with Gasteiger partial charge in [-0.05, 0) is 35.9 Å². The van der Waals surface area contributed by atoms with Gasteiger partial charge in [-0.1, -0.05) is 18.3 Å². The Bertz CT molecular complexity index is 731. The summed E-state index contributed by atoms with van der Waals surface area (Å²) in [6.45, 7) is 0.809. The third kappa shape index (κ3) is 2.35. The number of fused-ring (bicyclic) bond motifs is 1. The highest BCUT2D eigenvalue weighted by Crippen LogP contribution is 2.19. The number of hydrogen-bond acceptors (Lipinski definition) is 2. The second kappa shape index (κ2) is 4.82. The minimum absolute atomic E-state index is 0.432. The summed E-state index contributed by atoms with van der Waals surface area (Å²) in [5.74, 6) is 0. The molecule has 4 heteroatoms. The molecule has 0 radical (unpaired) electrons. The zero-order chi connectivity index (χ0) is 13.2. The summed E-state index contributed by atoms with van der Waals surface area (Å²) in [6.07, 6.45) is 5.74. The molecule has 0 bridgehead atoms. The van der Waals surface area contributed by atoms with Crippen LogP contribution in [0.3, 0.4) is 0 Å². The Balaban J connectivity index is 1.99. The highest BCUT2D eigenvalue weighted by atomic mass is 32.1. The smallest absolute Gasteiger partial charge is 0.104 e. The number of thiocarbonyl (C=S) groups is 1. The standard InChI is InChI=1S/C15H13N3S/c16-15(19)13-3-4-14-12(8-13)5-7-18(14)10-11-2-1-6-17-9-11/h1-9H,10H2,(H2,16,19). The summed E-state index contributed by atoms with van der Waals surface area (Å²) in [7, 11) is 0. The Morgan fingerprint density at radius 2 is 2.16 bits per heavy atom. The molecular weight excluding hydrogens is 254 g/mol. The van der Waals surface area contributed by atoms with Crippen LogP contribution in [-0.4, -0.2) is 14.5 Å². The van der Waals surface area contributed by atoms with Gasteiger partial charge >= 0.3 is 0 Å². The van der Waals surface area contributed by atoms with E-state index in [1.807, 2.05) is 24.4 Å². The summed E-state index contributed by atoms with van der Waals surface area (Å²) in [5.41, 5.74) is 8.91. The molecule has 3 nitrogen and oxygen atoms in total. The predicted molar refractivity (Wildman–Crippen MR) is 81.2 cm³/mol. The number of hydrogen-bond donors (Lipinski definition) is 1. The van der Waals surface area contributed by atoms with E-state index in [-0.39, 0.29) is 0 Å². The molecule has 19 heavy (non-hydrogen) atoms. The molecule has 0 amide bonds. The van der Waals surface area contributed by atoms with Crippen molar-refractivity contribution >= 4 is 28.1 Å². The third-order valence-corrected chi connectivity index (χ3v) is 3.37. The summed E-state index contributed by atoms with van der Waals surface area (Å²) >= 11 is 5.00. The number of pyridine rings is 1. The lowest BCUT2D eigenvalue weighted by atomic mass is 10.1. The Morgan fingerprint density at radius 3 is 2.89 bits per heavy atom. The van der Waals surface area contributed by atoms with E-state index in [1.54, 1.807) is 6.20 Å². The van der Waals surface area contributed by atoms with Crippen LogP contribution in [-0.2, 0) is 6.54 Å². The van der Waals surface area contributed by atoms with Gasteiger partial charge in [0, 0.05) is 41.6 Å². The third-order valence-electron chi connectivity index (χ3n) is 3.13. The highest BCUT2D eigenvalue weighted by molar-refractivity contribution is 7.80. The molecule has 2 aromatic heterocycles. The SMILES string of the molecule is NC(=S)c1ccc2c(ccn2Cc2cccnc2)c1. The van der Waals surface area contributed by atoms with Crippen molar-refractivity contribution in [1.82, 2.24) is 9.55 Å². The number of nitrogens with zero attached hydrogens (tertiary/aromatic N) is 2. The fraction of sp³-hybridized carbons (Fsp3) is 0.0667. The fourth-order valence-electron chi connectivity index (χ4n) is 2.18. The first-order valence-electron chi connectivity index (χ1n) is 6.01. The van der Waals surface area contributed by atoms with Crippen molar-refractivity contribution in [3.8, 4) is 0 Å². The second-order valence-corrected chi connectivity index (χ2v) is 4.88. The topological polar surface area (TPSA) is 43.8 Å². The molecule has 0 unspecified atom stereocenters. The van der Waals surface area contributed by atoms with Crippen molar-refractivity contribution in [3.63, 3.8) is 0 Å².